The number of anilines is 3. The second-order valence-electron chi connectivity index (χ2n) is 8.09. The minimum atomic E-state index is -0.724. The zero-order valence-electron chi connectivity index (χ0n) is 19.5. The molecule has 1 aliphatic rings. The standard InChI is InChI=1S/C25H28N6O3S/c1-34-20-11-9-19(10-12-20)28-25-29-21(22(26)32)24(35-25)30-23(33)17-5-7-18(8-6-17)27-13-16-31-14-3-2-4-15-31/h5-13H,2-4,14-16H2,1H3,(H2,26,32)(H,28,29)(H,30,33). The van der Waals surface area contributed by atoms with Gasteiger partial charge in [-0.15, -0.1) is 0 Å². The molecule has 1 fully saturated rings. The van der Waals surface area contributed by atoms with Crippen molar-refractivity contribution in [1.29, 1.82) is 0 Å². The normalized spacial score (nSPS) is 14.1. The number of primary amides is 1. The van der Waals surface area contributed by atoms with Gasteiger partial charge in [-0.3, -0.25) is 19.5 Å². The van der Waals surface area contributed by atoms with Crippen LogP contribution in [0.1, 0.15) is 40.1 Å². The number of nitrogens with two attached hydrogens (primary N) is 1. The van der Waals surface area contributed by atoms with Crippen LogP contribution >= 0.6 is 11.3 Å². The van der Waals surface area contributed by atoms with Crippen LogP contribution < -0.4 is 21.1 Å². The lowest BCUT2D eigenvalue weighted by Crippen LogP contribution is -2.31. The summed E-state index contributed by atoms with van der Waals surface area (Å²) in [6.07, 6.45) is 5.70. The number of aliphatic imine (C=N–C) groups is 1. The Morgan fingerprint density at radius 3 is 2.49 bits per heavy atom. The lowest BCUT2D eigenvalue weighted by atomic mass is 10.1. The molecule has 9 nitrogen and oxygen atoms in total. The second kappa shape index (κ2) is 11.6. The molecule has 1 aliphatic heterocycles. The quantitative estimate of drug-likeness (QED) is 0.380. The molecular weight excluding hydrogens is 464 g/mol. The Labute approximate surface area is 208 Å². The van der Waals surface area contributed by atoms with Crippen molar-refractivity contribution in [3.63, 3.8) is 0 Å². The summed E-state index contributed by atoms with van der Waals surface area (Å²) in [5, 5.41) is 6.57. The lowest BCUT2D eigenvalue weighted by molar-refractivity contribution is 0.0997. The Kier molecular flexibility index (Phi) is 8.07. The largest absolute Gasteiger partial charge is 0.497 e. The Bertz CT molecular complexity index is 1180. The van der Waals surface area contributed by atoms with Crippen LogP contribution in [0.4, 0.5) is 21.5 Å². The highest BCUT2D eigenvalue weighted by Crippen LogP contribution is 2.31. The van der Waals surface area contributed by atoms with Gasteiger partial charge < -0.3 is 21.1 Å². The fourth-order valence-electron chi connectivity index (χ4n) is 3.70. The number of rotatable bonds is 9. The average molecular weight is 493 g/mol. The smallest absolute Gasteiger partial charge is 0.270 e. The third-order valence-corrected chi connectivity index (χ3v) is 6.47. The molecule has 3 aromatic rings. The van der Waals surface area contributed by atoms with Gasteiger partial charge in [0.25, 0.3) is 11.8 Å². The van der Waals surface area contributed by atoms with E-state index in [2.05, 4.69) is 25.5 Å². The first kappa shape index (κ1) is 24.4. The molecule has 4 N–H and O–H groups in total. The van der Waals surface area contributed by atoms with Crippen LogP contribution in [0.25, 0.3) is 0 Å². The van der Waals surface area contributed by atoms with E-state index in [1.165, 1.54) is 19.3 Å². The number of aromatic nitrogens is 1. The van der Waals surface area contributed by atoms with Crippen molar-refractivity contribution in [3.8, 4) is 5.75 Å². The monoisotopic (exact) mass is 492 g/mol. The summed E-state index contributed by atoms with van der Waals surface area (Å²) in [4.78, 5) is 35.8. The van der Waals surface area contributed by atoms with E-state index in [1.807, 2.05) is 18.3 Å². The maximum Gasteiger partial charge on any atom is 0.270 e. The van der Waals surface area contributed by atoms with Crippen LogP contribution in [0.5, 0.6) is 5.75 Å². The molecule has 0 aliphatic carbocycles. The zero-order chi connectivity index (χ0) is 24.6. The second-order valence-corrected chi connectivity index (χ2v) is 9.09. The Hall–Kier alpha value is -3.76. The number of nitrogens with one attached hydrogen (secondary N) is 2. The van der Waals surface area contributed by atoms with E-state index in [9.17, 15) is 9.59 Å². The van der Waals surface area contributed by atoms with Gasteiger partial charge in [0, 0.05) is 24.0 Å². The summed E-state index contributed by atoms with van der Waals surface area (Å²) < 4.78 is 5.15. The summed E-state index contributed by atoms with van der Waals surface area (Å²) in [5.74, 6) is -0.368. The van der Waals surface area contributed by atoms with Gasteiger partial charge in [-0.2, -0.15) is 0 Å². The predicted molar refractivity (Wildman–Crippen MR) is 140 cm³/mol. The summed E-state index contributed by atoms with van der Waals surface area (Å²) in [7, 11) is 1.59. The Balaban J connectivity index is 1.39. The van der Waals surface area contributed by atoms with E-state index in [1.54, 1.807) is 43.5 Å². The molecule has 35 heavy (non-hydrogen) atoms. The highest BCUT2D eigenvalue weighted by molar-refractivity contribution is 7.20. The van der Waals surface area contributed by atoms with E-state index in [0.29, 0.717) is 10.7 Å². The fraction of sp³-hybridized carbons (Fsp3) is 0.280. The van der Waals surface area contributed by atoms with Gasteiger partial charge in [-0.25, -0.2) is 4.98 Å². The number of hydrogen-bond acceptors (Lipinski definition) is 8. The summed E-state index contributed by atoms with van der Waals surface area (Å²) in [5.41, 5.74) is 7.45. The molecule has 0 saturated carbocycles. The van der Waals surface area contributed by atoms with Crippen molar-refractivity contribution in [2.45, 2.75) is 19.3 Å². The molecule has 182 valence electrons. The number of hydrogen-bond donors (Lipinski definition) is 3. The zero-order valence-corrected chi connectivity index (χ0v) is 20.3. The van der Waals surface area contributed by atoms with Crippen molar-refractivity contribution in [2.75, 3.05) is 37.4 Å². The van der Waals surface area contributed by atoms with Crippen molar-refractivity contribution in [3.05, 3.63) is 59.8 Å². The van der Waals surface area contributed by atoms with Crippen molar-refractivity contribution >= 4 is 50.9 Å². The van der Waals surface area contributed by atoms with Gasteiger partial charge in [0.1, 0.15) is 10.8 Å². The third-order valence-electron chi connectivity index (χ3n) is 5.59. The number of thiazole rings is 1. The number of ether oxygens (including phenoxy) is 1. The van der Waals surface area contributed by atoms with Gasteiger partial charge >= 0.3 is 0 Å². The Morgan fingerprint density at radius 1 is 1.11 bits per heavy atom. The van der Waals surface area contributed by atoms with Crippen LogP contribution in [-0.2, 0) is 0 Å². The maximum atomic E-state index is 12.8. The number of amides is 2. The highest BCUT2D eigenvalue weighted by Gasteiger charge is 2.19. The van der Waals surface area contributed by atoms with Gasteiger partial charge in [0.15, 0.2) is 10.8 Å². The Morgan fingerprint density at radius 2 is 1.83 bits per heavy atom. The molecule has 1 saturated heterocycles. The molecule has 0 bridgehead atoms. The molecule has 0 unspecified atom stereocenters. The molecule has 2 amide bonds. The van der Waals surface area contributed by atoms with Crippen LogP contribution in [0.15, 0.2) is 53.5 Å². The molecular formula is C25H28N6O3S. The van der Waals surface area contributed by atoms with Crippen molar-refractivity contribution in [2.24, 2.45) is 10.7 Å². The minimum absolute atomic E-state index is 0.00158. The van der Waals surface area contributed by atoms with Crippen molar-refractivity contribution < 1.29 is 14.3 Å². The maximum absolute atomic E-state index is 12.8. The van der Waals surface area contributed by atoms with E-state index < -0.39 is 5.91 Å². The molecule has 10 heteroatoms. The van der Waals surface area contributed by atoms with Crippen LogP contribution in [0.3, 0.4) is 0 Å². The van der Waals surface area contributed by atoms with Crippen LogP contribution in [-0.4, -0.2) is 54.7 Å². The molecule has 0 atom stereocenters. The number of benzene rings is 2. The number of nitrogens with zero attached hydrogens (tertiary/aromatic N) is 3. The van der Waals surface area contributed by atoms with Crippen LogP contribution in [0.2, 0.25) is 0 Å². The molecule has 4 rings (SSSR count). The summed E-state index contributed by atoms with van der Waals surface area (Å²) in [6.45, 7) is 3.07. The first-order valence-electron chi connectivity index (χ1n) is 11.4. The molecule has 2 heterocycles. The van der Waals surface area contributed by atoms with Crippen LogP contribution in [0, 0.1) is 0 Å². The lowest BCUT2D eigenvalue weighted by Gasteiger charge is -2.24. The topological polar surface area (TPSA) is 122 Å². The number of piperidine rings is 1. The number of methoxy groups -OCH3 is 1. The van der Waals surface area contributed by atoms with Gasteiger partial charge in [-0.1, -0.05) is 17.8 Å². The SMILES string of the molecule is COc1ccc(Nc2nc(C(N)=O)c(NC(=O)c3ccc(N=CCN4CCCCC4)cc3)s2)cc1. The number of likely N-dealkylation sites (tertiary alicyclic amines) is 1. The molecule has 0 radical (unpaired) electrons. The van der Waals surface area contributed by atoms with Gasteiger partial charge in [0.2, 0.25) is 0 Å². The molecule has 1 aromatic heterocycles. The first-order valence-corrected chi connectivity index (χ1v) is 12.2. The average Bonchev–Trinajstić information content (AvgIpc) is 3.28. The summed E-state index contributed by atoms with van der Waals surface area (Å²) in [6, 6.07) is 14.2. The number of carbonyl (C=O) groups is 2. The minimum Gasteiger partial charge on any atom is -0.497 e. The van der Waals surface area contributed by atoms with E-state index in [-0.39, 0.29) is 16.6 Å². The van der Waals surface area contributed by atoms with Gasteiger partial charge in [-0.05, 0) is 74.5 Å². The van der Waals surface area contributed by atoms with E-state index in [0.717, 1.165) is 48.1 Å². The predicted octanol–water partition coefficient (Wildman–Crippen LogP) is 4.43. The van der Waals surface area contributed by atoms with Crippen molar-refractivity contribution in [1.82, 2.24) is 9.88 Å². The fourth-order valence-corrected chi connectivity index (χ4v) is 4.59. The van der Waals surface area contributed by atoms with Gasteiger partial charge in [0.05, 0.1) is 12.8 Å². The highest BCUT2D eigenvalue weighted by atomic mass is 32.1. The first-order chi connectivity index (χ1) is 17.0. The van der Waals surface area contributed by atoms with E-state index >= 15 is 0 Å². The number of carbonyl (C=O) groups excluding carboxylic acids is 2. The molecule has 0 spiro atoms. The molecule has 2 aromatic carbocycles. The van der Waals surface area contributed by atoms with E-state index in [4.69, 9.17) is 10.5 Å². The summed E-state index contributed by atoms with van der Waals surface area (Å²) >= 11 is 1.13. The third kappa shape index (κ3) is 6.65.